The lowest BCUT2D eigenvalue weighted by Gasteiger charge is -2.10. The van der Waals surface area contributed by atoms with Crippen molar-refractivity contribution in [2.75, 3.05) is 13.7 Å². The van der Waals surface area contributed by atoms with Gasteiger partial charge in [0.2, 0.25) is 5.89 Å². The molecule has 132 valence electrons. The zero-order valence-electron chi connectivity index (χ0n) is 14.0. The number of halogens is 1. The fraction of sp³-hybridized carbons (Fsp3) is 0.375. The molecule has 2 heterocycles. The molecule has 0 fully saturated rings. The summed E-state index contributed by atoms with van der Waals surface area (Å²) in [5.41, 5.74) is 0.858. The maximum Gasteiger partial charge on any atom is 0.223 e. The summed E-state index contributed by atoms with van der Waals surface area (Å²) in [6, 6.07) is 7.62. The van der Waals surface area contributed by atoms with Gasteiger partial charge in [0.15, 0.2) is 16.8 Å². The summed E-state index contributed by atoms with van der Waals surface area (Å²) in [7, 11) is 1.69. The van der Waals surface area contributed by atoms with Gasteiger partial charge in [-0.25, -0.2) is 0 Å². The number of rotatable bonds is 8. The number of hydrogen-bond acceptors (Lipinski definition) is 7. The molecule has 0 spiro atoms. The minimum Gasteiger partial charge on any atom is -0.385 e. The average Bonchev–Trinajstić information content (AvgIpc) is 3.20. The Labute approximate surface area is 154 Å². The van der Waals surface area contributed by atoms with Crippen LogP contribution < -0.4 is 0 Å². The molecule has 0 unspecified atom stereocenters. The fourth-order valence-corrected chi connectivity index (χ4v) is 3.36. The van der Waals surface area contributed by atoms with Gasteiger partial charge in [-0.05, 0) is 18.6 Å². The van der Waals surface area contributed by atoms with E-state index in [4.69, 9.17) is 20.9 Å². The molecular weight excluding hydrogens is 362 g/mol. The zero-order valence-corrected chi connectivity index (χ0v) is 15.5. The average molecular weight is 380 g/mol. The Morgan fingerprint density at radius 3 is 2.84 bits per heavy atom. The maximum atomic E-state index is 6.33. The third kappa shape index (κ3) is 4.39. The molecule has 0 N–H and O–H groups in total. The quantitative estimate of drug-likeness (QED) is 0.436. The van der Waals surface area contributed by atoms with Crippen LogP contribution in [0.5, 0.6) is 0 Å². The molecule has 25 heavy (non-hydrogen) atoms. The second kappa shape index (κ2) is 8.46. The van der Waals surface area contributed by atoms with E-state index >= 15 is 0 Å². The smallest absolute Gasteiger partial charge is 0.223 e. The van der Waals surface area contributed by atoms with Crippen molar-refractivity contribution in [3.8, 4) is 11.4 Å². The van der Waals surface area contributed by atoms with Gasteiger partial charge in [0, 0.05) is 32.7 Å². The highest BCUT2D eigenvalue weighted by Crippen LogP contribution is 2.30. The molecule has 0 saturated heterocycles. The van der Waals surface area contributed by atoms with Crippen molar-refractivity contribution in [1.82, 2.24) is 24.9 Å². The molecule has 0 radical (unpaired) electrons. The molecule has 3 rings (SSSR count). The molecule has 2 aromatic heterocycles. The van der Waals surface area contributed by atoms with Gasteiger partial charge in [-0.1, -0.05) is 40.7 Å². The van der Waals surface area contributed by atoms with Crippen molar-refractivity contribution in [1.29, 1.82) is 0 Å². The first-order chi connectivity index (χ1) is 12.2. The van der Waals surface area contributed by atoms with Crippen molar-refractivity contribution in [3.63, 3.8) is 0 Å². The molecule has 0 aliphatic rings. The van der Waals surface area contributed by atoms with Crippen LogP contribution in [0.25, 0.3) is 11.4 Å². The van der Waals surface area contributed by atoms with E-state index < -0.39 is 0 Å². The Balaban J connectivity index is 1.85. The second-order valence-electron chi connectivity index (χ2n) is 5.30. The number of nitrogens with zero attached hydrogens (tertiary/aromatic N) is 5. The summed E-state index contributed by atoms with van der Waals surface area (Å²) < 4.78 is 12.2. The third-order valence-electron chi connectivity index (χ3n) is 3.46. The van der Waals surface area contributed by atoms with Crippen LogP contribution in [0.15, 0.2) is 33.9 Å². The first-order valence-electron chi connectivity index (χ1n) is 7.78. The van der Waals surface area contributed by atoms with Gasteiger partial charge in [-0.15, -0.1) is 10.2 Å². The summed E-state index contributed by atoms with van der Waals surface area (Å²) in [6.45, 7) is 3.16. The van der Waals surface area contributed by atoms with Crippen LogP contribution in [-0.4, -0.2) is 38.6 Å². The first kappa shape index (κ1) is 17.9. The Kier molecular flexibility index (Phi) is 6.06. The van der Waals surface area contributed by atoms with Gasteiger partial charge in [-0.2, -0.15) is 4.98 Å². The number of hydrogen-bond donors (Lipinski definition) is 0. The lowest BCUT2D eigenvalue weighted by Crippen LogP contribution is -2.05. The van der Waals surface area contributed by atoms with Gasteiger partial charge in [-0.3, -0.25) is 0 Å². The van der Waals surface area contributed by atoms with Crippen molar-refractivity contribution in [2.45, 2.75) is 30.8 Å². The molecule has 0 bridgehead atoms. The van der Waals surface area contributed by atoms with Crippen molar-refractivity contribution >= 4 is 23.4 Å². The molecule has 1 aromatic carbocycles. The SMILES string of the molecule is COCCCn1c(SCc2noc(C)n2)nnc1-c1ccccc1Cl. The highest BCUT2D eigenvalue weighted by Gasteiger charge is 2.17. The van der Waals surface area contributed by atoms with E-state index in [1.165, 1.54) is 11.8 Å². The maximum absolute atomic E-state index is 6.33. The van der Waals surface area contributed by atoms with E-state index in [9.17, 15) is 0 Å². The van der Waals surface area contributed by atoms with Crippen LogP contribution in [0.1, 0.15) is 18.1 Å². The largest absolute Gasteiger partial charge is 0.385 e. The summed E-state index contributed by atoms with van der Waals surface area (Å²) >= 11 is 7.85. The Morgan fingerprint density at radius 1 is 1.28 bits per heavy atom. The van der Waals surface area contributed by atoms with E-state index in [1.54, 1.807) is 14.0 Å². The standard InChI is InChI=1S/C16H18ClN5O2S/c1-11-18-14(21-24-11)10-25-16-20-19-15(22(16)8-5-9-23-2)12-6-3-4-7-13(12)17/h3-4,6-7H,5,8-10H2,1-2H3. The first-order valence-corrected chi connectivity index (χ1v) is 9.14. The fourth-order valence-electron chi connectivity index (χ4n) is 2.33. The van der Waals surface area contributed by atoms with Crippen LogP contribution in [0.2, 0.25) is 5.02 Å². The summed E-state index contributed by atoms with van der Waals surface area (Å²) in [4.78, 5) is 4.21. The summed E-state index contributed by atoms with van der Waals surface area (Å²) in [5, 5.41) is 14.0. The van der Waals surface area contributed by atoms with E-state index in [-0.39, 0.29) is 0 Å². The Hall–Kier alpha value is -1.90. The highest BCUT2D eigenvalue weighted by molar-refractivity contribution is 7.98. The molecule has 3 aromatic rings. The topological polar surface area (TPSA) is 78.9 Å². The molecule has 0 atom stereocenters. The van der Waals surface area contributed by atoms with Crippen LogP contribution in [0, 0.1) is 6.92 Å². The molecule has 0 aliphatic carbocycles. The number of aromatic nitrogens is 5. The van der Waals surface area contributed by atoms with Crippen LogP contribution in [0.4, 0.5) is 0 Å². The summed E-state index contributed by atoms with van der Waals surface area (Å²) in [6.07, 6.45) is 0.848. The number of thioether (sulfide) groups is 1. The van der Waals surface area contributed by atoms with Crippen molar-refractivity contribution in [3.05, 3.63) is 41.0 Å². The van der Waals surface area contributed by atoms with Gasteiger partial charge in [0.05, 0.1) is 10.8 Å². The summed E-state index contributed by atoms with van der Waals surface area (Å²) in [5.74, 6) is 2.48. The highest BCUT2D eigenvalue weighted by atomic mass is 35.5. The van der Waals surface area contributed by atoms with Gasteiger partial charge in [0.25, 0.3) is 0 Å². The second-order valence-corrected chi connectivity index (χ2v) is 6.65. The number of ether oxygens (including phenoxy) is 1. The molecule has 0 saturated carbocycles. The van der Waals surface area contributed by atoms with Gasteiger partial charge >= 0.3 is 0 Å². The van der Waals surface area contributed by atoms with Crippen LogP contribution in [0.3, 0.4) is 0 Å². The molecule has 0 amide bonds. The normalized spacial score (nSPS) is 11.2. The van der Waals surface area contributed by atoms with E-state index in [0.29, 0.717) is 29.1 Å². The monoisotopic (exact) mass is 379 g/mol. The third-order valence-corrected chi connectivity index (χ3v) is 4.75. The van der Waals surface area contributed by atoms with E-state index in [2.05, 4.69) is 24.9 Å². The predicted octanol–water partition coefficient (Wildman–Crippen LogP) is 3.62. The lowest BCUT2D eigenvalue weighted by molar-refractivity contribution is 0.189. The van der Waals surface area contributed by atoms with E-state index in [0.717, 1.165) is 29.5 Å². The van der Waals surface area contributed by atoms with Crippen LogP contribution >= 0.6 is 23.4 Å². The number of methoxy groups -OCH3 is 1. The lowest BCUT2D eigenvalue weighted by atomic mass is 10.2. The Bertz CT molecular complexity index is 836. The molecular formula is C16H18ClN5O2S. The van der Waals surface area contributed by atoms with Crippen molar-refractivity contribution in [2.24, 2.45) is 0 Å². The Morgan fingerprint density at radius 2 is 2.12 bits per heavy atom. The zero-order chi connectivity index (χ0) is 17.6. The minimum atomic E-state index is 0.550. The van der Waals surface area contributed by atoms with Crippen LogP contribution in [-0.2, 0) is 17.0 Å². The molecule has 0 aliphatic heterocycles. The van der Waals surface area contributed by atoms with Crippen molar-refractivity contribution < 1.29 is 9.26 Å². The number of benzene rings is 1. The molecule has 9 heteroatoms. The van der Waals surface area contributed by atoms with E-state index in [1.807, 2.05) is 24.3 Å². The number of aryl methyl sites for hydroxylation is 1. The van der Waals surface area contributed by atoms with Gasteiger partial charge < -0.3 is 13.8 Å². The van der Waals surface area contributed by atoms with Gasteiger partial charge in [0.1, 0.15) is 0 Å². The predicted molar refractivity (Wildman–Crippen MR) is 95.6 cm³/mol. The minimum absolute atomic E-state index is 0.550. The molecule has 7 nitrogen and oxygen atoms in total.